The third-order valence-electron chi connectivity index (χ3n) is 0.0488. The minimum atomic E-state index is 0. The fourth-order valence-electron chi connectivity index (χ4n) is 0. The van der Waals surface area contributed by atoms with Crippen LogP contribution in [0.4, 0.5) is 0 Å². The molecule has 0 aliphatic heterocycles. The number of hydrogen-bond acceptors (Lipinski definition) is 1. The molecule has 0 aromatic rings. The van der Waals surface area contributed by atoms with E-state index in [9.17, 15) is 0 Å². The molecule has 0 rings (SSSR count). The number of halogens is 1. The summed E-state index contributed by atoms with van der Waals surface area (Å²) in [5.74, 6) is 0.903. The van der Waals surface area contributed by atoms with Gasteiger partial charge in [-0.15, -0.1) is 0 Å². The fraction of sp³-hybridized carbons (Fsp3) is 0. The van der Waals surface area contributed by atoms with Gasteiger partial charge in [0.15, 0.2) is 0 Å². The number of nitriles is 1. The second kappa shape index (κ2) is 8.87. The van der Waals surface area contributed by atoms with Gasteiger partial charge in [0.1, 0.15) is 0 Å². The van der Waals surface area contributed by atoms with Crippen molar-refractivity contribution in [2.45, 2.75) is 0 Å². The van der Waals surface area contributed by atoms with Crippen molar-refractivity contribution in [2.24, 2.45) is 0 Å². The Balaban J connectivity index is 0. The van der Waals surface area contributed by atoms with Crippen molar-refractivity contribution in [1.82, 2.24) is 0 Å². The van der Waals surface area contributed by atoms with Gasteiger partial charge < -0.3 is 11.6 Å². The molecule has 3 heteroatoms. The van der Waals surface area contributed by atoms with Crippen LogP contribution in [0.2, 0.25) is 0 Å². The van der Waals surface area contributed by atoms with Crippen LogP contribution < -0.4 is 18.9 Å². The Bertz CT molecular complexity index is 39.4. The first kappa shape index (κ1) is 8.98. The Labute approximate surface area is 48.1 Å². The molecule has 5 heavy (non-hydrogen) atoms. The molecule has 0 saturated carbocycles. The first-order chi connectivity index (χ1) is 1.91. The van der Waals surface area contributed by atoms with Gasteiger partial charge in [-0.05, 0) is 0 Å². The van der Waals surface area contributed by atoms with Crippen LogP contribution in [0.1, 0.15) is 0 Å². The van der Waals surface area contributed by atoms with E-state index in [1.54, 1.807) is 6.07 Å². The normalized spacial score (nSPS) is 3.20. The summed E-state index contributed by atoms with van der Waals surface area (Å²) < 4.78 is 0. The molecule has 0 saturated heterocycles. The van der Waals surface area contributed by atoms with Gasteiger partial charge in [-0.1, -0.05) is 6.07 Å². The van der Waals surface area contributed by atoms with Crippen LogP contribution in [-0.2, 0) is 0 Å². The van der Waals surface area contributed by atoms with Crippen molar-refractivity contribution < 1.29 is 18.9 Å². The van der Waals surface area contributed by atoms with E-state index in [1.807, 2.05) is 0 Å². The molecule has 0 bridgehead atoms. The summed E-state index contributed by atoms with van der Waals surface area (Å²) in [6, 6.07) is 1.57. The van der Waals surface area contributed by atoms with Gasteiger partial charge in [0.25, 0.3) is 0 Å². The third-order valence-corrected chi connectivity index (χ3v) is 0.146. The maximum absolute atomic E-state index is 7.44. The van der Waals surface area contributed by atoms with E-state index < -0.39 is 0 Å². The molecular formula is C2HClLiN. The van der Waals surface area contributed by atoms with E-state index in [0.29, 0.717) is 0 Å². The molecule has 0 heterocycles. The molecule has 1 nitrogen and oxygen atoms in total. The standard InChI is InChI=1S/C2HClN.Li/c3-1-2-4;/h1H;/q-1;+1. The van der Waals surface area contributed by atoms with Gasteiger partial charge in [-0.2, -0.15) is 0 Å². The van der Waals surface area contributed by atoms with Crippen molar-refractivity contribution in [1.29, 1.82) is 5.26 Å². The first-order valence-corrected chi connectivity index (χ1v) is 1.17. The van der Waals surface area contributed by atoms with Crippen LogP contribution in [0.25, 0.3) is 0 Å². The fourth-order valence-corrected chi connectivity index (χ4v) is 0. The maximum atomic E-state index is 7.44. The van der Waals surface area contributed by atoms with E-state index in [4.69, 9.17) is 16.9 Å². The monoisotopic (exact) mass is 81.0 g/mol. The van der Waals surface area contributed by atoms with Crippen LogP contribution in [0.5, 0.6) is 0 Å². The Morgan fingerprint density at radius 2 is 2.00 bits per heavy atom. The minimum Gasteiger partial charge on any atom is -0.312 e. The predicted molar refractivity (Wildman–Crippen MR) is 15.8 cm³/mol. The average molecular weight is 81.4 g/mol. The summed E-state index contributed by atoms with van der Waals surface area (Å²) >= 11 is 4.70. The van der Waals surface area contributed by atoms with Crippen LogP contribution in [0.3, 0.4) is 0 Å². The van der Waals surface area contributed by atoms with Gasteiger partial charge in [-0.25, -0.2) is 11.1 Å². The van der Waals surface area contributed by atoms with Gasteiger partial charge in [0, 0.05) is 0 Å². The summed E-state index contributed by atoms with van der Waals surface area (Å²) in [5.41, 5.74) is 0. The molecule has 0 aliphatic rings. The van der Waals surface area contributed by atoms with Crippen LogP contribution in [0, 0.1) is 17.2 Å². The largest absolute Gasteiger partial charge is 1.00 e. The molecule has 0 aromatic carbocycles. The second-order valence-electron chi connectivity index (χ2n) is 0.238. The molecule has 22 valence electrons. The number of nitrogens with zero attached hydrogens (tertiary/aromatic N) is 1. The Kier molecular flexibility index (Phi) is 15.9. The summed E-state index contributed by atoms with van der Waals surface area (Å²) in [7, 11) is 0. The smallest absolute Gasteiger partial charge is 0.312 e. The van der Waals surface area contributed by atoms with E-state index >= 15 is 0 Å². The quantitative estimate of drug-likeness (QED) is 0.242. The van der Waals surface area contributed by atoms with Crippen LogP contribution in [0.15, 0.2) is 0 Å². The first-order valence-electron chi connectivity index (χ1n) is 0.730. The van der Waals surface area contributed by atoms with E-state index in [1.165, 1.54) is 0 Å². The van der Waals surface area contributed by atoms with E-state index in [2.05, 4.69) is 0 Å². The molecule has 0 spiro atoms. The van der Waals surface area contributed by atoms with Crippen molar-refractivity contribution >= 4 is 11.6 Å². The number of hydrogen-bond donors (Lipinski definition) is 0. The molecule has 0 N–H and O–H groups in total. The predicted octanol–water partition coefficient (Wildman–Crippen LogP) is -2.09. The maximum Gasteiger partial charge on any atom is 1.00 e. The molecule has 0 unspecified atom stereocenters. The summed E-state index contributed by atoms with van der Waals surface area (Å²) in [4.78, 5) is 0. The van der Waals surface area contributed by atoms with Crippen molar-refractivity contribution in [3.8, 4) is 6.07 Å². The molecular weight excluding hydrogens is 80.4 g/mol. The molecule has 0 aliphatic carbocycles. The summed E-state index contributed by atoms with van der Waals surface area (Å²) in [5, 5.41) is 7.44. The molecule has 0 amide bonds. The molecule has 0 fully saturated rings. The Morgan fingerprint density at radius 1 is 1.80 bits per heavy atom. The Morgan fingerprint density at radius 3 is 2.00 bits per heavy atom. The zero-order valence-electron chi connectivity index (χ0n) is 2.90. The zero-order chi connectivity index (χ0) is 3.41. The van der Waals surface area contributed by atoms with Crippen LogP contribution in [-0.4, -0.2) is 0 Å². The van der Waals surface area contributed by atoms with Crippen molar-refractivity contribution in [2.75, 3.05) is 0 Å². The van der Waals surface area contributed by atoms with Gasteiger partial charge in [0.2, 0.25) is 0 Å². The minimum absolute atomic E-state index is 0. The molecule has 0 radical (unpaired) electrons. The van der Waals surface area contributed by atoms with Crippen molar-refractivity contribution in [3.05, 3.63) is 5.88 Å². The van der Waals surface area contributed by atoms with Gasteiger partial charge in [-0.3, -0.25) is 0 Å². The third kappa shape index (κ3) is 13.8. The topological polar surface area (TPSA) is 23.8 Å². The van der Waals surface area contributed by atoms with E-state index in [0.717, 1.165) is 5.88 Å². The molecule has 0 atom stereocenters. The molecule has 0 aromatic heterocycles. The van der Waals surface area contributed by atoms with Crippen LogP contribution >= 0.6 is 11.6 Å². The summed E-state index contributed by atoms with van der Waals surface area (Å²) in [6.07, 6.45) is 0. The average Bonchev–Trinajstić information content (AvgIpc) is 1.37. The zero-order valence-corrected chi connectivity index (χ0v) is 3.66. The number of rotatable bonds is 0. The Hall–Kier alpha value is 0.247. The second-order valence-corrected chi connectivity index (χ2v) is 0.456. The SMILES string of the molecule is N#C[CH-]Cl.[Li+]. The van der Waals surface area contributed by atoms with E-state index in [-0.39, 0.29) is 18.9 Å². The summed E-state index contributed by atoms with van der Waals surface area (Å²) in [6.45, 7) is 0. The van der Waals surface area contributed by atoms with Gasteiger partial charge in [0.05, 0.1) is 0 Å². The van der Waals surface area contributed by atoms with Crippen molar-refractivity contribution in [3.63, 3.8) is 0 Å². The van der Waals surface area contributed by atoms with Gasteiger partial charge >= 0.3 is 18.9 Å².